The molecule has 0 aromatic rings. The number of carbonyl (C=O) groups is 1. The highest BCUT2D eigenvalue weighted by molar-refractivity contribution is 5.72. The van der Waals surface area contributed by atoms with Gasteiger partial charge in [0.15, 0.2) is 6.10 Å². The molecule has 1 aliphatic heterocycles. The average molecular weight is 257 g/mol. The normalized spacial score (nSPS) is 37.4. The summed E-state index contributed by atoms with van der Waals surface area (Å²) >= 11 is 0. The smallest absolute Gasteiger partial charge is 0.332 e. The van der Waals surface area contributed by atoms with Crippen molar-refractivity contribution in [3.63, 3.8) is 0 Å². The number of carboxylic acids is 1. The van der Waals surface area contributed by atoms with Crippen LogP contribution in [-0.4, -0.2) is 47.1 Å². The number of aliphatic hydroxyl groups is 1. The maximum absolute atomic E-state index is 10.8. The zero-order valence-electron chi connectivity index (χ0n) is 10.7. The van der Waals surface area contributed by atoms with E-state index in [1.54, 1.807) is 0 Å². The fourth-order valence-corrected chi connectivity index (χ4v) is 2.85. The lowest BCUT2D eigenvalue weighted by molar-refractivity contribution is -0.149. The number of rotatable bonds is 4. The molecule has 1 saturated heterocycles. The van der Waals surface area contributed by atoms with Crippen molar-refractivity contribution in [2.24, 2.45) is 0 Å². The van der Waals surface area contributed by atoms with Gasteiger partial charge in [-0.1, -0.05) is 19.3 Å². The molecule has 0 radical (unpaired) electrons. The third-order valence-electron chi connectivity index (χ3n) is 3.97. The summed E-state index contributed by atoms with van der Waals surface area (Å²) in [6.45, 7) is 0.644. The molecule has 0 aromatic heterocycles. The topological polar surface area (TPSA) is 78.8 Å². The number of carboxylic acid groups (broad SMARTS) is 1. The van der Waals surface area contributed by atoms with Gasteiger partial charge in [-0.25, -0.2) is 4.79 Å². The van der Waals surface area contributed by atoms with Gasteiger partial charge in [-0.15, -0.1) is 0 Å². The van der Waals surface area contributed by atoms with Crippen molar-refractivity contribution in [3.05, 3.63) is 0 Å². The first-order valence-electron chi connectivity index (χ1n) is 6.96. The number of aliphatic carboxylic acids is 1. The van der Waals surface area contributed by atoms with Crippen molar-refractivity contribution in [2.75, 3.05) is 6.54 Å². The number of hydrogen-bond acceptors (Lipinski definition) is 4. The fraction of sp³-hybridized carbons (Fsp3) is 0.923. The molecule has 4 unspecified atom stereocenters. The van der Waals surface area contributed by atoms with Crippen molar-refractivity contribution in [1.29, 1.82) is 0 Å². The summed E-state index contributed by atoms with van der Waals surface area (Å²) in [6.07, 6.45) is 5.73. The lowest BCUT2D eigenvalue weighted by Gasteiger charge is -2.23. The van der Waals surface area contributed by atoms with Crippen LogP contribution in [0.1, 0.15) is 44.9 Å². The van der Waals surface area contributed by atoms with Crippen molar-refractivity contribution < 1.29 is 19.7 Å². The lowest BCUT2D eigenvalue weighted by atomic mass is 10.1. The molecule has 5 nitrogen and oxygen atoms in total. The van der Waals surface area contributed by atoms with Crippen LogP contribution in [0, 0.1) is 0 Å². The van der Waals surface area contributed by atoms with Crippen LogP contribution < -0.4 is 5.32 Å². The highest BCUT2D eigenvalue weighted by Gasteiger charge is 2.31. The van der Waals surface area contributed by atoms with Gasteiger partial charge in [-0.2, -0.15) is 0 Å². The molecule has 1 aliphatic carbocycles. The Labute approximate surface area is 108 Å². The number of aliphatic hydroxyl groups excluding tert-OH is 1. The quantitative estimate of drug-likeness (QED) is 0.652. The Hall–Kier alpha value is -0.650. The first-order valence-corrected chi connectivity index (χ1v) is 6.96. The van der Waals surface area contributed by atoms with Gasteiger partial charge in [0.25, 0.3) is 0 Å². The van der Waals surface area contributed by atoms with Gasteiger partial charge in [0.05, 0.1) is 12.2 Å². The fourth-order valence-electron chi connectivity index (χ4n) is 2.85. The highest BCUT2D eigenvalue weighted by atomic mass is 16.5. The van der Waals surface area contributed by atoms with Gasteiger partial charge in [0.1, 0.15) is 0 Å². The molecule has 4 atom stereocenters. The Bertz CT molecular complexity index is 284. The maximum Gasteiger partial charge on any atom is 0.332 e. The van der Waals surface area contributed by atoms with Gasteiger partial charge in [0.2, 0.25) is 0 Å². The van der Waals surface area contributed by atoms with Crippen LogP contribution in [0.15, 0.2) is 0 Å². The Balaban J connectivity index is 1.72. The van der Waals surface area contributed by atoms with E-state index in [9.17, 15) is 9.90 Å². The first kappa shape index (κ1) is 13.8. The number of ether oxygens (including phenoxy) is 1. The molecule has 0 amide bonds. The lowest BCUT2D eigenvalue weighted by Crippen LogP contribution is -2.42. The zero-order valence-corrected chi connectivity index (χ0v) is 10.7. The third-order valence-corrected chi connectivity index (χ3v) is 3.97. The van der Waals surface area contributed by atoms with Crippen LogP contribution in [0.5, 0.6) is 0 Å². The summed E-state index contributed by atoms with van der Waals surface area (Å²) in [5, 5.41) is 22.2. The van der Waals surface area contributed by atoms with E-state index in [0.717, 1.165) is 32.1 Å². The molecule has 1 heterocycles. The second-order valence-electron chi connectivity index (χ2n) is 5.38. The van der Waals surface area contributed by atoms with Gasteiger partial charge in [-0.05, 0) is 25.7 Å². The average Bonchev–Trinajstić information content (AvgIpc) is 2.72. The molecule has 104 valence electrons. The minimum Gasteiger partial charge on any atom is -0.479 e. The van der Waals surface area contributed by atoms with E-state index in [4.69, 9.17) is 9.84 Å². The van der Waals surface area contributed by atoms with E-state index in [2.05, 4.69) is 5.32 Å². The summed E-state index contributed by atoms with van der Waals surface area (Å²) in [5.41, 5.74) is 0. The SMILES string of the molecule is O=C(O)C1CCC(CNC2CCCCCC2O)O1. The molecule has 2 aliphatic rings. The van der Waals surface area contributed by atoms with Crippen LogP contribution in [0.4, 0.5) is 0 Å². The minimum atomic E-state index is -0.869. The van der Waals surface area contributed by atoms with Crippen molar-refractivity contribution in [2.45, 2.75) is 69.3 Å². The Morgan fingerprint density at radius 3 is 2.67 bits per heavy atom. The Kier molecular flexibility index (Phi) is 4.97. The first-order chi connectivity index (χ1) is 8.66. The van der Waals surface area contributed by atoms with E-state index < -0.39 is 12.1 Å². The zero-order chi connectivity index (χ0) is 13.0. The predicted octanol–water partition coefficient (Wildman–Crippen LogP) is 0.902. The van der Waals surface area contributed by atoms with E-state index in [-0.39, 0.29) is 18.2 Å². The molecule has 0 spiro atoms. The van der Waals surface area contributed by atoms with E-state index in [1.807, 2.05) is 0 Å². The molecule has 2 rings (SSSR count). The van der Waals surface area contributed by atoms with Gasteiger partial charge in [0, 0.05) is 12.6 Å². The minimum absolute atomic E-state index is 0.0263. The molecule has 18 heavy (non-hydrogen) atoms. The van der Waals surface area contributed by atoms with E-state index in [0.29, 0.717) is 13.0 Å². The van der Waals surface area contributed by atoms with Crippen molar-refractivity contribution >= 4 is 5.97 Å². The van der Waals surface area contributed by atoms with Crippen LogP contribution in [0.25, 0.3) is 0 Å². The third kappa shape index (κ3) is 3.67. The van der Waals surface area contributed by atoms with Crippen LogP contribution in [-0.2, 0) is 9.53 Å². The monoisotopic (exact) mass is 257 g/mol. The van der Waals surface area contributed by atoms with Gasteiger partial charge in [-0.3, -0.25) is 0 Å². The molecule has 1 saturated carbocycles. The van der Waals surface area contributed by atoms with Crippen molar-refractivity contribution in [3.8, 4) is 0 Å². The number of nitrogens with one attached hydrogen (secondary N) is 1. The van der Waals surface area contributed by atoms with Crippen LogP contribution in [0.3, 0.4) is 0 Å². The summed E-state index contributed by atoms with van der Waals surface area (Å²) in [4.78, 5) is 10.8. The summed E-state index contributed by atoms with van der Waals surface area (Å²) in [5.74, 6) is -0.869. The molecule has 5 heteroatoms. The Morgan fingerprint density at radius 1 is 1.17 bits per heavy atom. The second kappa shape index (κ2) is 6.50. The van der Waals surface area contributed by atoms with Crippen LogP contribution >= 0.6 is 0 Å². The largest absolute Gasteiger partial charge is 0.479 e. The van der Waals surface area contributed by atoms with E-state index in [1.165, 1.54) is 6.42 Å². The van der Waals surface area contributed by atoms with Gasteiger partial charge >= 0.3 is 5.97 Å². The Morgan fingerprint density at radius 2 is 1.94 bits per heavy atom. The highest BCUT2D eigenvalue weighted by Crippen LogP contribution is 2.21. The molecular formula is C13H23NO4. The standard InChI is InChI=1S/C13H23NO4/c15-11-5-3-1-2-4-10(11)14-8-9-6-7-12(18-9)13(16)17/h9-12,14-15H,1-8H2,(H,16,17). The van der Waals surface area contributed by atoms with Crippen LogP contribution in [0.2, 0.25) is 0 Å². The van der Waals surface area contributed by atoms with E-state index >= 15 is 0 Å². The molecule has 2 fully saturated rings. The molecular weight excluding hydrogens is 234 g/mol. The summed E-state index contributed by atoms with van der Waals surface area (Å²) < 4.78 is 5.44. The predicted molar refractivity (Wildman–Crippen MR) is 66.4 cm³/mol. The maximum atomic E-state index is 10.8. The van der Waals surface area contributed by atoms with Gasteiger partial charge < -0.3 is 20.3 Å². The molecule has 0 bridgehead atoms. The second-order valence-corrected chi connectivity index (χ2v) is 5.38. The van der Waals surface area contributed by atoms with Crippen molar-refractivity contribution in [1.82, 2.24) is 5.32 Å². The summed E-state index contributed by atoms with van der Waals surface area (Å²) in [7, 11) is 0. The molecule has 0 aromatic carbocycles. The summed E-state index contributed by atoms with van der Waals surface area (Å²) in [6, 6.07) is 0.139. The molecule has 3 N–H and O–H groups in total. The number of hydrogen-bond donors (Lipinski definition) is 3.